The number of piperidine rings is 1. The number of carbonyl (C=O) groups is 1. The second-order valence-corrected chi connectivity index (χ2v) is 7.89. The summed E-state index contributed by atoms with van der Waals surface area (Å²) in [7, 11) is 0. The predicted molar refractivity (Wildman–Crippen MR) is 117 cm³/mol. The minimum atomic E-state index is -0.246. The fourth-order valence-corrected chi connectivity index (χ4v) is 4.39. The number of halogens is 1. The lowest BCUT2D eigenvalue weighted by Crippen LogP contribution is -2.42. The fraction of sp³-hybridized carbons (Fsp3) is 0.417. The fourth-order valence-electron chi connectivity index (χ4n) is 4.39. The molecule has 0 N–H and O–H groups in total. The van der Waals surface area contributed by atoms with Crippen molar-refractivity contribution in [2.45, 2.75) is 33.2 Å². The molecule has 3 aromatic rings. The standard InChI is InChI=1S/C24H29FN4O/c1-3-28(4-2)24(30)18-13-15-27(16-14-18)17-23-26-21-7-5-6-8-22(21)29(23)20-11-9-19(25)10-12-20/h5-12,18H,3-4,13-17H2,1-2H3. The third-order valence-electron chi connectivity index (χ3n) is 6.09. The lowest BCUT2D eigenvalue weighted by molar-refractivity contribution is -0.136. The first-order valence-electron chi connectivity index (χ1n) is 10.8. The van der Waals surface area contributed by atoms with Gasteiger partial charge in [-0.05, 0) is 76.2 Å². The van der Waals surface area contributed by atoms with E-state index in [0.717, 1.165) is 61.6 Å². The number of amides is 1. The number of rotatable bonds is 6. The van der Waals surface area contributed by atoms with E-state index >= 15 is 0 Å². The van der Waals surface area contributed by atoms with Crippen molar-refractivity contribution in [3.63, 3.8) is 0 Å². The van der Waals surface area contributed by atoms with Gasteiger partial charge in [-0.3, -0.25) is 14.3 Å². The molecule has 0 unspecified atom stereocenters. The van der Waals surface area contributed by atoms with Gasteiger partial charge in [-0.1, -0.05) is 12.1 Å². The smallest absolute Gasteiger partial charge is 0.225 e. The van der Waals surface area contributed by atoms with Crippen LogP contribution >= 0.6 is 0 Å². The number of benzene rings is 2. The molecule has 1 saturated heterocycles. The lowest BCUT2D eigenvalue weighted by atomic mass is 9.95. The maximum Gasteiger partial charge on any atom is 0.225 e. The Morgan fingerprint density at radius 3 is 2.40 bits per heavy atom. The van der Waals surface area contributed by atoms with Crippen LogP contribution in [0.2, 0.25) is 0 Å². The largest absolute Gasteiger partial charge is 0.343 e. The first-order chi connectivity index (χ1) is 14.6. The van der Waals surface area contributed by atoms with E-state index < -0.39 is 0 Å². The number of carbonyl (C=O) groups excluding carboxylic acids is 1. The van der Waals surface area contributed by atoms with Gasteiger partial charge in [0.1, 0.15) is 11.6 Å². The quantitative estimate of drug-likeness (QED) is 0.612. The van der Waals surface area contributed by atoms with Crippen LogP contribution in [0.3, 0.4) is 0 Å². The van der Waals surface area contributed by atoms with Crippen molar-refractivity contribution in [1.82, 2.24) is 19.4 Å². The zero-order chi connectivity index (χ0) is 21.1. The van der Waals surface area contributed by atoms with Crippen LogP contribution in [-0.4, -0.2) is 51.4 Å². The van der Waals surface area contributed by atoms with E-state index in [-0.39, 0.29) is 11.7 Å². The molecule has 30 heavy (non-hydrogen) atoms. The second-order valence-electron chi connectivity index (χ2n) is 7.89. The van der Waals surface area contributed by atoms with Crippen molar-refractivity contribution < 1.29 is 9.18 Å². The summed E-state index contributed by atoms with van der Waals surface area (Å²) in [5.74, 6) is 1.11. The van der Waals surface area contributed by atoms with Crippen LogP contribution < -0.4 is 0 Å². The van der Waals surface area contributed by atoms with Crippen LogP contribution in [0.1, 0.15) is 32.5 Å². The first kappa shape index (κ1) is 20.5. The van der Waals surface area contributed by atoms with E-state index in [4.69, 9.17) is 4.98 Å². The molecule has 0 spiro atoms. The summed E-state index contributed by atoms with van der Waals surface area (Å²) in [6.45, 7) is 8.09. The summed E-state index contributed by atoms with van der Waals surface area (Å²) >= 11 is 0. The monoisotopic (exact) mass is 408 g/mol. The summed E-state index contributed by atoms with van der Waals surface area (Å²) in [6.07, 6.45) is 1.76. The number of fused-ring (bicyclic) bond motifs is 1. The molecule has 5 nitrogen and oxygen atoms in total. The zero-order valence-electron chi connectivity index (χ0n) is 17.7. The number of likely N-dealkylation sites (tertiary alicyclic amines) is 1. The topological polar surface area (TPSA) is 41.4 Å². The summed E-state index contributed by atoms with van der Waals surface area (Å²) in [4.78, 5) is 21.8. The lowest BCUT2D eigenvalue weighted by Gasteiger charge is -2.33. The molecule has 2 heterocycles. The Kier molecular flexibility index (Phi) is 6.13. The number of aromatic nitrogens is 2. The Bertz CT molecular complexity index is 1000. The van der Waals surface area contributed by atoms with Crippen molar-refractivity contribution in [2.75, 3.05) is 26.2 Å². The van der Waals surface area contributed by atoms with E-state index in [1.54, 1.807) is 12.1 Å². The first-order valence-corrected chi connectivity index (χ1v) is 10.8. The average Bonchev–Trinajstić information content (AvgIpc) is 3.13. The molecule has 1 aromatic heterocycles. The second kappa shape index (κ2) is 8.96. The Balaban J connectivity index is 1.53. The molecule has 0 saturated carbocycles. The Morgan fingerprint density at radius 2 is 1.73 bits per heavy atom. The summed E-state index contributed by atoms with van der Waals surface area (Å²) < 4.78 is 15.6. The van der Waals surface area contributed by atoms with Crippen LogP contribution in [0, 0.1) is 11.7 Å². The highest BCUT2D eigenvalue weighted by atomic mass is 19.1. The number of hydrogen-bond acceptors (Lipinski definition) is 3. The molecule has 0 aliphatic carbocycles. The molecular formula is C24H29FN4O. The van der Waals surface area contributed by atoms with Gasteiger partial charge in [-0.2, -0.15) is 0 Å². The maximum atomic E-state index is 13.5. The summed E-state index contributed by atoms with van der Waals surface area (Å²) in [5.41, 5.74) is 2.86. The maximum absolute atomic E-state index is 13.5. The normalized spacial score (nSPS) is 15.6. The number of hydrogen-bond donors (Lipinski definition) is 0. The van der Waals surface area contributed by atoms with Crippen LogP contribution in [-0.2, 0) is 11.3 Å². The zero-order valence-corrected chi connectivity index (χ0v) is 17.7. The molecule has 0 bridgehead atoms. The van der Waals surface area contributed by atoms with Gasteiger partial charge in [0.2, 0.25) is 5.91 Å². The van der Waals surface area contributed by atoms with Crippen LogP contribution in [0.5, 0.6) is 0 Å². The van der Waals surface area contributed by atoms with Gasteiger partial charge in [0.25, 0.3) is 0 Å². The van der Waals surface area contributed by atoms with Crippen molar-refractivity contribution in [1.29, 1.82) is 0 Å². The minimum Gasteiger partial charge on any atom is -0.343 e. The van der Waals surface area contributed by atoms with Gasteiger partial charge in [0.15, 0.2) is 0 Å². The molecule has 1 fully saturated rings. The van der Waals surface area contributed by atoms with Gasteiger partial charge in [-0.25, -0.2) is 9.37 Å². The third kappa shape index (κ3) is 4.10. The number of imidazole rings is 1. The highest BCUT2D eigenvalue weighted by Gasteiger charge is 2.28. The van der Waals surface area contributed by atoms with Gasteiger partial charge >= 0.3 is 0 Å². The third-order valence-corrected chi connectivity index (χ3v) is 6.09. The Hall–Kier alpha value is -2.73. The van der Waals surface area contributed by atoms with Gasteiger partial charge < -0.3 is 4.90 Å². The van der Waals surface area contributed by atoms with Crippen molar-refractivity contribution in [3.05, 3.63) is 60.2 Å². The minimum absolute atomic E-state index is 0.122. The van der Waals surface area contributed by atoms with E-state index in [0.29, 0.717) is 12.5 Å². The van der Waals surface area contributed by atoms with E-state index in [1.165, 1.54) is 12.1 Å². The van der Waals surface area contributed by atoms with Gasteiger partial charge in [-0.15, -0.1) is 0 Å². The van der Waals surface area contributed by atoms with Gasteiger partial charge in [0, 0.05) is 24.7 Å². The Labute approximate surface area is 177 Å². The summed E-state index contributed by atoms with van der Waals surface area (Å²) in [5, 5.41) is 0. The van der Waals surface area contributed by atoms with Crippen molar-refractivity contribution in [2.24, 2.45) is 5.92 Å². The molecule has 1 aliphatic heterocycles. The molecule has 2 aromatic carbocycles. The predicted octanol–water partition coefficient (Wildman–Crippen LogP) is 4.25. The number of para-hydroxylation sites is 2. The SMILES string of the molecule is CCN(CC)C(=O)C1CCN(Cc2nc3ccccc3n2-c2ccc(F)cc2)CC1. The Morgan fingerprint density at radius 1 is 1.07 bits per heavy atom. The number of nitrogens with zero attached hydrogens (tertiary/aromatic N) is 4. The van der Waals surface area contributed by atoms with Gasteiger partial charge in [0.05, 0.1) is 17.6 Å². The molecular weight excluding hydrogens is 379 g/mol. The summed E-state index contributed by atoms with van der Waals surface area (Å²) in [6, 6.07) is 14.6. The van der Waals surface area contributed by atoms with E-state index in [2.05, 4.69) is 9.47 Å². The highest BCUT2D eigenvalue weighted by molar-refractivity contribution is 5.79. The van der Waals surface area contributed by atoms with Crippen molar-refractivity contribution in [3.8, 4) is 5.69 Å². The highest BCUT2D eigenvalue weighted by Crippen LogP contribution is 2.25. The average molecular weight is 409 g/mol. The van der Waals surface area contributed by atoms with Crippen LogP contribution in [0.15, 0.2) is 48.5 Å². The molecule has 0 radical (unpaired) electrons. The molecule has 0 atom stereocenters. The van der Waals surface area contributed by atoms with E-state index in [1.807, 2.05) is 43.0 Å². The van der Waals surface area contributed by atoms with Crippen LogP contribution in [0.25, 0.3) is 16.7 Å². The molecule has 6 heteroatoms. The van der Waals surface area contributed by atoms with Crippen molar-refractivity contribution >= 4 is 16.9 Å². The van der Waals surface area contributed by atoms with Crippen LogP contribution in [0.4, 0.5) is 4.39 Å². The molecule has 4 rings (SSSR count). The molecule has 1 amide bonds. The molecule has 158 valence electrons. The molecule has 1 aliphatic rings. The van der Waals surface area contributed by atoms with E-state index in [9.17, 15) is 9.18 Å².